The Labute approximate surface area is 187 Å². The van der Waals surface area contributed by atoms with E-state index in [1.165, 1.54) is 14.2 Å². The molecule has 170 valence electrons. The zero-order chi connectivity index (χ0) is 23.3. The minimum Gasteiger partial charge on any atom is -0.497 e. The number of ether oxygens (including phenoxy) is 4. The van der Waals surface area contributed by atoms with Gasteiger partial charge in [-0.1, -0.05) is 42.5 Å². The molecule has 0 bridgehead atoms. The van der Waals surface area contributed by atoms with Crippen LogP contribution in [0, 0.1) is 17.3 Å². The smallest absolute Gasteiger partial charge is 0.323 e. The van der Waals surface area contributed by atoms with Crippen LogP contribution in [0.2, 0.25) is 0 Å². The average Bonchev–Trinajstić information content (AvgIpc) is 3.25. The van der Waals surface area contributed by atoms with Crippen molar-refractivity contribution >= 4 is 17.7 Å². The summed E-state index contributed by atoms with van der Waals surface area (Å²) in [6, 6.07) is 16.2. The van der Waals surface area contributed by atoms with Gasteiger partial charge in [0.05, 0.1) is 27.4 Å². The summed E-state index contributed by atoms with van der Waals surface area (Å²) >= 11 is 0. The molecule has 1 fully saturated rings. The van der Waals surface area contributed by atoms with Gasteiger partial charge < -0.3 is 18.9 Å². The van der Waals surface area contributed by atoms with Crippen LogP contribution in [-0.2, 0) is 23.8 Å². The summed E-state index contributed by atoms with van der Waals surface area (Å²) in [4.78, 5) is 39.2. The number of ketones is 1. The number of hydrogen-bond donors (Lipinski definition) is 0. The van der Waals surface area contributed by atoms with E-state index in [1.54, 1.807) is 50.6 Å². The molecule has 0 radical (unpaired) electrons. The van der Waals surface area contributed by atoms with E-state index in [1.807, 2.05) is 18.2 Å². The molecule has 7 heteroatoms. The molecule has 2 aromatic carbocycles. The number of carbonyl (C=O) groups excluding carboxylic acids is 3. The highest BCUT2D eigenvalue weighted by Gasteiger charge is 2.60. The maximum absolute atomic E-state index is 13.5. The lowest BCUT2D eigenvalue weighted by Crippen LogP contribution is -2.39. The van der Waals surface area contributed by atoms with Crippen LogP contribution in [-0.4, -0.2) is 46.2 Å². The molecule has 0 spiro atoms. The number of hydrogen-bond acceptors (Lipinski definition) is 7. The molecule has 1 saturated carbocycles. The molecule has 0 amide bonds. The predicted molar refractivity (Wildman–Crippen MR) is 116 cm³/mol. The normalized spacial score (nSPS) is 20.2. The number of benzene rings is 2. The number of carbonyl (C=O) groups is 3. The van der Waals surface area contributed by atoms with Crippen molar-refractivity contribution in [2.45, 2.75) is 18.9 Å². The minimum absolute atomic E-state index is 0.0131. The Morgan fingerprint density at radius 3 is 1.94 bits per heavy atom. The van der Waals surface area contributed by atoms with Crippen molar-refractivity contribution in [1.82, 2.24) is 0 Å². The van der Waals surface area contributed by atoms with Crippen molar-refractivity contribution in [3.8, 4) is 5.75 Å². The molecule has 32 heavy (non-hydrogen) atoms. The molecule has 3 rings (SSSR count). The molecule has 0 unspecified atom stereocenters. The zero-order valence-electron chi connectivity index (χ0n) is 18.7. The van der Waals surface area contributed by atoms with Gasteiger partial charge in [-0.05, 0) is 30.5 Å². The van der Waals surface area contributed by atoms with E-state index in [0.717, 1.165) is 5.56 Å². The van der Waals surface area contributed by atoms with E-state index in [9.17, 15) is 14.4 Å². The van der Waals surface area contributed by atoms with Crippen LogP contribution in [0.5, 0.6) is 5.75 Å². The quantitative estimate of drug-likeness (QED) is 0.352. The van der Waals surface area contributed by atoms with E-state index >= 15 is 0 Å². The van der Waals surface area contributed by atoms with E-state index in [0.29, 0.717) is 11.3 Å². The first-order chi connectivity index (χ1) is 15.4. The summed E-state index contributed by atoms with van der Waals surface area (Å²) in [7, 11) is 5.59. The average molecular weight is 440 g/mol. The number of rotatable bonds is 8. The molecule has 0 N–H and O–H groups in total. The number of methoxy groups -OCH3 is 4. The SMILES string of the molecule is COC(=O)C1(C(=O)OC)C[C@H]([C@@H](OC)c2ccc(OC)cc2)[C@@H](C(=O)c2ccccc2)C1. The molecule has 0 heterocycles. The van der Waals surface area contributed by atoms with Gasteiger partial charge in [0, 0.05) is 24.5 Å². The van der Waals surface area contributed by atoms with Crippen LogP contribution in [0.25, 0.3) is 0 Å². The third-order valence-corrected chi connectivity index (χ3v) is 6.30. The molecule has 2 aromatic rings. The van der Waals surface area contributed by atoms with E-state index in [2.05, 4.69) is 0 Å². The zero-order valence-corrected chi connectivity index (χ0v) is 18.7. The Hall–Kier alpha value is -3.19. The summed E-state index contributed by atoms with van der Waals surface area (Å²) in [5, 5.41) is 0. The summed E-state index contributed by atoms with van der Waals surface area (Å²) in [5.41, 5.74) is -0.251. The Balaban J connectivity index is 2.08. The van der Waals surface area contributed by atoms with Crippen molar-refractivity contribution in [1.29, 1.82) is 0 Å². The standard InChI is InChI=1S/C25H28O7/c1-29-18-12-10-17(11-13-18)22(30-2)20-15-25(23(27)31-3,24(28)32-4)14-19(20)21(26)16-8-6-5-7-9-16/h5-13,19-20,22H,14-15H2,1-4H3/t19-,20-,22-/m0/s1. The topological polar surface area (TPSA) is 88.1 Å². The van der Waals surface area contributed by atoms with Gasteiger partial charge >= 0.3 is 11.9 Å². The lowest BCUT2D eigenvalue weighted by Gasteiger charge is -2.28. The van der Waals surface area contributed by atoms with Crippen molar-refractivity contribution < 1.29 is 33.3 Å². The molecule has 1 aliphatic rings. The van der Waals surface area contributed by atoms with Crippen LogP contribution >= 0.6 is 0 Å². The number of Topliss-reactive ketones (excluding diaryl/α,β-unsaturated/α-hetero) is 1. The predicted octanol–water partition coefficient (Wildman–Crippen LogP) is 3.62. The molecule has 0 saturated heterocycles. The third-order valence-electron chi connectivity index (χ3n) is 6.30. The van der Waals surface area contributed by atoms with E-state index in [4.69, 9.17) is 18.9 Å². The van der Waals surface area contributed by atoms with Crippen LogP contribution < -0.4 is 4.74 Å². The van der Waals surface area contributed by atoms with Gasteiger partial charge in [-0.2, -0.15) is 0 Å². The largest absolute Gasteiger partial charge is 0.497 e. The fourth-order valence-electron chi connectivity index (χ4n) is 4.74. The summed E-state index contributed by atoms with van der Waals surface area (Å²) in [5.74, 6) is -1.99. The molecule has 0 aliphatic heterocycles. The third kappa shape index (κ3) is 4.25. The second-order valence-electron chi connectivity index (χ2n) is 7.90. The van der Waals surface area contributed by atoms with Gasteiger partial charge in [0.1, 0.15) is 5.75 Å². The Morgan fingerprint density at radius 1 is 0.844 bits per heavy atom. The maximum atomic E-state index is 13.5. The Morgan fingerprint density at radius 2 is 1.44 bits per heavy atom. The van der Waals surface area contributed by atoms with Crippen LogP contribution in [0.15, 0.2) is 54.6 Å². The van der Waals surface area contributed by atoms with Crippen molar-refractivity contribution in [2.75, 3.05) is 28.4 Å². The number of esters is 2. The molecule has 0 aromatic heterocycles. The second kappa shape index (κ2) is 9.96. The van der Waals surface area contributed by atoms with E-state index in [-0.39, 0.29) is 18.6 Å². The second-order valence-corrected chi connectivity index (χ2v) is 7.90. The fourth-order valence-corrected chi connectivity index (χ4v) is 4.74. The lowest BCUT2D eigenvalue weighted by molar-refractivity contribution is -0.169. The minimum atomic E-state index is -1.58. The van der Waals surface area contributed by atoms with E-state index < -0.39 is 35.3 Å². The lowest BCUT2D eigenvalue weighted by atomic mass is 9.82. The first-order valence-electron chi connectivity index (χ1n) is 10.3. The van der Waals surface area contributed by atoms with Gasteiger partial charge in [-0.3, -0.25) is 14.4 Å². The molecular weight excluding hydrogens is 412 g/mol. The van der Waals surface area contributed by atoms with Gasteiger partial charge in [0.25, 0.3) is 0 Å². The van der Waals surface area contributed by atoms with Crippen LogP contribution in [0.4, 0.5) is 0 Å². The molecular formula is C25H28O7. The summed E-state index contributed by atoms with van der Waals surface area (Å²) < 4.78 is 21.0. The van der Waals surface area contributed by atoms with Gasteiger partial charge in [-0.25, -0.2) is 0 Å². The van der Waals surface area contributed by atoms with Crippen molar-refractivity contribution in [3.63, 3.8) is 0 Å². The molecule has 7 nitrogen and oxygen atoms in total. The molecule has 3 atom stereocenters. The Kier molecular flexibility index (Phi) is 7.30. The highest BCUT2D eigenvalue weighted by atomic mass is 16.5. The van der Waals surface area contributed by atoms with Crippen molar-refractivity contribution in [3.05, 3.63) is 65.7 Å². The van der Waals surface area contributed by atoms with Crippen LogP contribution in [0.3, 0.4) is 0 Å². The Bertz CT molecular complexity index is 936. The molecule has 1 aliphatic carbocycles. The van der Waals surface area contributed by atoms with Crippen molar-refractivity contribution in [2.24, 2.45) is 17.3 Å². The highest BCUT2D eigenvalue weighted by Crippen LogP contribution is 2.53. The van der Waals surface area contributed by atoms with Gasteiger partial charge in [0.15, 0.2) is 11.2 Å². The van der Waals surface area contributed by atoms with Gasteiger partial charge in [0.2, 0.25) is 0 Å². The first kappa shape index (κ1) is 23.5. The maximum Gasteiger partial charge on any atom is 0.323 e. The first-order valence-corrected chi connectivity index (χ1v) is 10.3. The van der Waals surface area contributed by atoms with Gasteiger partial charge in [-0.15, -0.1) is 0 Å². The van der Waals surface area contributed by atoms with Crippen LogP contribution in [0.1, 0.15) is 34.9 Å². The summed E-state index contributed by atoms with van der Waals surface area (Å²) in [6.45, 7) is 0. The highest BCUT2D eigenvalue weighted by molar-refractivity contribution is 6.04. The fraction of sp³-hybridized carbons (Fsp3) is 0.400. The summed E-state index contributed by atoms with van der Waals surface area (Å²) in [6.07, 6.45) is -0.476. The monoisotopic (exact) mass is 440 g/mol.